The molecular weight excluding hydrogens is 547 g/mol. The molecule has 0 bridgehead atoms. The largest absolute Gasteiger partial charge is 0.384 e. The minimum atomic E-state index is -0.615. The van der Waals surface area contributed by atoms with Crippen LogP contribution in [0.2, 0.25) is 0 Å². The Morgan fingerprint density at radius 2 is 1.82 bits per heavy atom. The van der Waals surface area contributed by atoms with Crippen molar-refractivity contribution in [1.82, 2.24) is 0 Å². The van der Waals surface area contributed by atoms with E-state index < -0.39 is 6.10 Å². The first-order valence-electron chi connectivity index (χ1n) is 4.57. The maximum absolute atomic E-state index is 10.4. The number of hydrogen-bond donors (Lipinski definition) is 1. The fraction of sp³-hybridized carbons (Fsp3) is 0.0909. The van der Waals surface area contributed by atoms with E-state index in [1.54, 1.807) is 11.3 Å². The Hall–Kier alpha value is 1.05. The van der Waals surface area contributed by atoms with Crippen LogP contribution < -0.4 is 0 Å². The number of halogens is 4. The second-order valence-corrected chi connectivity index (χ2v) is 9.18. The third-order valence-electron chi connectivity index (χ3n) is 2.23. The molecule has 1 N–H and O–H groups in total. The van der Waals surface area contributed by atoms with Crippen LogP contribution in [0.3, 0.4) is 0 Å². The normalized spacial score (nSPS) is 12.8. The van der Waals surface area contributed by atoms with E-state index in [9.17, 15) is 5.11 Å². The van der Waals surface area contributed by atoms with E-state index in [4.69, 9.17) is 0 Å². The van der Waals surface area contributed by atoms with Gasteiger partial charge in [0.15, 0.2) is 0 Å². The molecule has 90 valence electrons. The van der Waals surface area contributed by atoms with Crippen molar-refractivity contribution in [3.05, 3.63) is 51.0 Å². The van der Waals surface area contributed by atoms with E-state index in [-0.39, 0.29) is 0 Å². The molecule has 0 aliphatic rings. The molecule has 0 aliphatic heterocycles. The Bertz CT molecular complexity index is 556. The van der Waals surface area contributed by atoms with Crippen LogP contribution in [0.5, 0.6) is 0 Å². The maximum atomic E-state index is 10.4. The number of hydrogen-bond acceptors (Lipinski definition) is 2. The molecule has 1 aromatic heterocycles. The number of aliphatic hydroxyl groups is 1. The van der Waals surface area contributed by atoms with Gasteiger partial charge in [0, 0.05) is 13.6 Å². The zero-order chi connectivity index (χ0) is 12.6. The second-order valence-electron chi connectivity index (χ2n) is 3.35. The zero-order valence-electron chi connectivity index (χ0n) is 8.25. The van der Waals surface area contributed by atoms with Crippen molar-refractivity contribution < 1.29 is 5.11 Å². The van der Waals surface area contributed by atoms with Crippen LogP contribution in [0.25, 0.3) is 0 Å². The third kappa shape index (κ3) is 3.33. The van der Waals surface area contributed by atoms with E-state index in [0.29, 0.717) is 0 Å². The lowest BCUT2D eigenvalue weighted by molar-refractivity contribution is 0.219. The van der Waals surface area contributed by atoms with Gasteiger partial charge in [-0.3, -0.25) is 0 Å². The first-order valence-corrected chi connectivity index (χ1v) is 8.84. The maximum Gasteiger partial charge on any atom is 0.107 e. The fourth-order valence-corrected chi connectivity index (χ4v) is 5.32. The van der Waals surface area contributed by atoms with Crippen LogP contribution in [0.4, 0.5) is 0 Å². The highest BCUT2D eigenvalue weighted by Gasteiger charge is 2.18. The molecule has 0 aliphatic carbocycles. The van der Waals surface area contributed by atoms with Gasteiger partial charge in [-0.25, -0.2) is 0 Å². The summed E-state index contributed by atoms with van der Waals surface area (Å²) >= 11 is 14.1. The molecule has 17 heavy (non-hydrogen) atoms. The molecule has 2 aromatic rings. The minimum absolute atomic E-state index is 0.615. The summed E-state index contributed by atoms with van der Waals surface area (Å²) in [5.74, 6) is 0. The molecule has 1 atom stereocenters. The first-order chi connectivity index (χ1) is 7.99. The van der Waals surface area contributed by atoms with Gasteiger partial charge in [-0.15, -0.1) is 11.3 Å². The van der Waals surface area contributed by atoms with Crippen molar-refractivity contribution in [2.24, 2.45) is 0 Å². The van der Waals surface area contributed by atoms with Gasteiger partial charge in [0.2, 0.25) is 0 Å². The predicted octanol–water partition coefficient (Wildman–Crippen LogP) is 5.72. The lowest BCUT2D eigenvalue weighted by Gasteiger charge is -2.12. The molecule has 1 nitrogen and oxygen atoms in total. The van der Waals surface area contributed by atoms with Gasteiger partial charge in [0.05, 0.1) is 7.57 Å². The summed E-state index contributed by atoms with van der Waals surface area (Å²) in [5, 5.41) is 10.4. The average molecular weight is 553 g/mol. The molecule has 1 unspecified atom stereocenters. The summed E-state index contributed by atoms with van der Waals surface area (Å²) < 4.78 is 3.97. The number of rotatable bonds is 2. The van der Waals surface area contributed by atoms with Crippen molar-refractivity contribution >= 4 is 81.7 Å². The van der Waals surface area contributed by atoms with Crippen molar-refractivity contribution in [2.45, 2.75) is 6.10 Å². The van der Waals surface area contributed by atoms with Gasteiger partial charge in [0.1, 0.15) is 6.10 Å². The molecule has 1 heterocycles. The SMILES string of the molecule is OC(c1cc(Br)ccc1I)c1cc(Br)sc1Br. The highest BCUT2D eigenvalue weighted by Crippen LogP contribution is 2.39. The Morgan fingerprint density at radius 3 is 2.41 bits per heavy atom. The second kappa shape index (κ2) is 6.00. The van der Waals surface area contributed by atoms with Gasteiger partial charge in [-0.2, -0.15) is 0 Å². The van der Waals surface area contributed by atoms with Crippen molar-refractivity contribution in [2.75, 3.05) is 0 Å². The quantitative estimate of drug-likeness (QED) is 0.473. The van der Waals surface area contributed by atoms with Gasteiger partial charge in [-0.1, -0.05) is 15.9 Å². The lowest BCUT2D eigenvalue weighted by Crippen LogP contribution is -2.01. The van der Waals surface area contributed by atoms with Gasteiger partial charge >= 0.3 is 0 Å². The lowest BCUT2D eigenvalue weighted by atomic mass is 10.0. The molecule has 0 radical (unpaired) electrons. The van der Waals surface area contributed by atoms with E-state index >= 15 is 0 Å². The Kier molecular flexibility index (Phi) is 5.11. The van der Waals surface area contributed by atoms with Crippen molar-refractivity contribution in [1.29, 1.82) is 0 Å². The topological polar surface area (TPSA) is 20.2 Å². The molecule has 0 saturated carbocycles. The fourth-order valence-electron chi connectivity index (χ4n) is 1.43. The first kappa shape index (κ1) is 14.5. The predicted molar refractivity (Wildman–Crippen MR) is 90.6 cm³/mol. The summed E-state index contributed by atoms with van der Waals surface area (Å²) in [5.41, 5.74) is 1.80. The Labute approximate surface area is 142 Å². The van der Waals surface area contributed by atoms with Crippen LogP contribution in [-0.2, 0) is 0 Å². The summed E-state index contributed by atoms with van der Waals surface area (Å²) in [4.78, 5) is 0. The van der Waals surface area contributed by atoms with Crippen LogP contribution in [-0.4, -0.2) is 5.11 Å². The summed E-state index contributed by atoms with van der Waals surface area (Å²) in [6.07, 6.45) is -0.615. The van der Waals surface area contributed by atoms with E-state index in [0.717, 1.165) is 26.7 Å². The van der Waals surface area contributed by atoms with Gasteiger partial charge < -0.3 is 5.11 Å². The molecule has 0 spiro atoms. The summed E-state index contributed by atoms with van der Waals surface area (Å²) in [6.45, 7) is 0. The molecule has 2 rings (SSSR count). The monoisotopic (exact) mass is 550 g/mol. The highest BCUT2D eigenvalue weighted by molar-refractivity contribution is 14.1. The zero-order valence-corrected chi connectivity index (χ0v) is 16.0. The molecular formula is C11H6Br3IOS. The molecule has 6 heteroatoms. The van der Waals surface area contributed by atoms with Gasteiger partial charge in [0.25, 0.3) is 0 Å². The number of benzene rings is 1. The van der Waals surface area contributed by atoms with Gasteiger partial charge in [-0.05, 0) is 84.3 Å². The van der Waals surface area contributed by atoms with Crippen LogP contribution >= 0.6 is 81.7 Å². The van der Waals surface area contributed by atoms with Crippen LogP contribution in [0.1, 0.15) is 17.2 Å². The van der Waals surface area contributed by atoms with Crippen LogP contribution in [0, 0.1) is 3.57 Å². The minimum Gasteiger partial charge on any atom is -0.384 e. The Morgan fingerprint density at radius 1 is 1.12 bits per heavy atom. The number of aliphatic hydroxyl groups excluding tert-OH is 1. The number of thiophene rings is 1. The third-order valence-corrected chi connectivity index (χ3v) is 6.09. The smallest absolute Gasteiger partial charge is 0.107 e. The van der Waals surface area contributed by atoms with Crippen molar-refractivity contribution in [3.8, 4) is 0 Å². The Balaban J connectivity index is 2.46. The van der Waals surface area contributed by atoms with Crippen LogP contribution in [0.15, 0.2) is 36.3 Å². The highest BCUT2D eigenvalue weighted by atomic mass is 127. The molecule has 0 fully saturated rings. The standard InChI is InChI=1S/C11H6Br3IOS/c12-5-1-2-8(15)6(3-5)10(16)7-4-9(13)17-11(7)14/h1-4,10,16H. The van der Waals surface area contributed by atoms with E-state index in [2.05, 4.69) is 70.4 Å². The van der Waals surface area contributed by atoms with Crippen molar-refractivity contribution in [3.63, 3.8) is 0 Å². The average Bonchev–Trinajstić information content (AvgIpc) is 2.60. The summed E-state index contributed by atoms with van der Waals surface area (Å²) in [7, 11) is 0. The summed E-state index contributed by atoms with van der Waals surface area (Å²) in [6, 6.07) is 7.84. The molecule has 0 saturated heterocycles. The van der Waals surface area contributed by atoms with E-state index in [1.165, 1.54) is 0 Å². The van der Waals surface area contributed by atoms with E-state index in [1.807, 2.05) is 24.3 Å². The molecule has 0 amide bonds. The molecule has 1 aromatic carbocycles.